The van der Waals surface area contributed by atoms with Crippen LogP contribution in [0, 0.1) is 13.8 Å². The van der Waals surface area contributed by atoms with Crippen LogP contribution in [-0.2, 0) is 20.7 Å². The van der Waals surface area contributed by atoms with Gasteiger partial charge in [-0.3, -0.25) is 4.79 Å². The van der Waals surface area contributed by atoms with Crippen LogP contribution in [0.3, 0.4) is 0 Å². The van der Waals surface area contributed by atoms with Gasteiger partial charge in [-0.1, -0.05) is 30.3 Å². The van der Waals surface area contributed by atoms with Gasteiger partial charge in [0.1, 0.15) is 5.69 Å². The van der Waals surface area contributed by atoms with Crippen molar-refractivity contribution < 1.29 is 23.9 Å². The molecule has 1 amide bonds. The first kappa shape index (κ1) is 23.2. The van der Waals surface area contributed by atoms with Crippen molar-refractivity contribution in [2.45, 2.75) is 59.6 Å². The minimum Gasteiger partial charge on any atom is -0.461 e. The smallest absolute Gasteiger partial charge is 0.355 e. The molecule has 2 rings (SSSR count). The standard InChI is InChI=1S/C23H30N2O5/c1-6-29-23(28)20-15(3)19(16(4)25-20)22(27)30-17(5)21(26)24-14(2)12-13-18-10-8-7-9-11-18/h7-11,14,17,25H,6,12-13H2,1-5H3,(H,24,26)/t14-,17+/m1/s1. The summed E-state index contributed by atoms with van der Waals surface area (Å²) in [4.78, 5) is 39.9. The van der Waals surface area contributed by atoms with Crippen molar-refractivity contribution >= 4 is 17.8 Å². The highest BCUT2D eigenvalue weighted by molar-refractivity contribution is 5.99. The van der Waals surface area contributed by atoms with Crippen molar-refractivity contribution in [3.05, 3.63) is 58.4 Å². The molecule has 1 aromatic carbocycles. The Morgan fingerprint density at radius 1 is 1.07 bits per heavy atom. The molecule has 0 saturated heterocycles. The summed E-state index contributed by atoms with van der Waals surface area (Å²) in [5, 5.41) is 2.88. The zero-order valence-electron chi connectivity index (χ0n) is 18.2. The molecule has 0 fully saturated rings. The molecule has 7 heteroatoms. The molecule has 0 saturated carbocycles. The summed E-state index contributed by atoms with van der Waals surface area (Å²) in [5.41, 5.74) is 2.60. The molecule has 7 nitrogen and oxygen atoms in total. The van der Waals surface area contributed by atoms with Crippen molar-refractivity contribution in [1.82, 2.24) is 10.3 Å². The summed E-state index contributed by atoms with van der Waals surface area (Å²) in [5.74, 6) is -1.55. The number of carbonyl (C=O) groups is 3. The minimum atomic E-state index is -0.962. The zero-order valence-corrected chi connectivity index (χ0v) is 18.2. The van der Waals surface area contributed by atoms with Crippen LogP contribution in [0.25, 0.3) is 0 Å². The predicted octanol–water partition coefficient (Wildman–Crippen LogP) is 3.49. The largest absolute Gasteiger partial charge is 0.461 e. The first-order chi connectivity index (χ1) is 14.2. The Bertz CT molecular complexity index is 888. The summed E-state index contributed by atoms with van der Waals surface area (Å²) in [6, 6.07) is 9.96. The summed E-state index contributed by atoms with van der Waals surface area (Å²) in [7, 11) is 0. The van der Waals surface area contributed by atoms with Gasteiger partial charge in [-0.05, 0) is 58.6 Å². The fourth-order valence-corrected chi connectivity index (χ4v) is 3.20. The normalized spacial score (nSPS) is 12.7. The van der Waals surface area contributed by atoms with Gasteiger partial charge in [0.2, 0.25) is 0 Å². The number of nitrogens with one attached hydrogen (secondary N) is 2. The number of rotatable bonds is 9. The molecule has 1 heterocycles. The molecule has 2 aromatic rings. The molecular formula is C23H30N2O5. The van der Waals surface area contributed by atoms with Crippen molar-refractivity contribution in [3.63, 3.8) is 0 Å². The second-order valence-electron chi connectivity index (χ2n) is 7.33. The van der Waals surface area contributed by atoms with E-state index in [9.17, 15) is 14.4 Å². The van der Waals surface area contributed by atoms with Gasteiger partial charge in [-0.2, -0.15) is 0 Å². The summed E-state index contributed by atoms with van der Waals surface area (Å²) in [6.07, 6.45) is 0.654. The molecule has 30 heavy (non-hydrogen) atoms. The number of hydrogen-bond donors (Lipinski definition) is 2. The lowest BCUT2D eigenvalue weighted by Gasteiger charge is -2.18. The average Bonchev–Trinajstić information content (AvgIpc) is 3.01. The lowest BCUT2D eigenvalue weighted by Crippen LogP contribution is -2.41. The van der Waals surface area contributed by atoms with Crippen molar-refractivity contribution in [2.75, 3.05) is 6.61 Å². The topological polar surface area (TPSA) is 97.5 Å². The van der Waals surface area contributed by atoms with E-state index in [2.05, 4.69) is 10.3 Å². The number of amides is 1. The van der Waals surface area contributed by atoms with E-state index in [0.717, 1.165) is 12.8 Å². The van der Waals surface area contributed by atoms with Crippen LogP contribution in [0.4, 0.5) is 0 Å². The Hall–Kier alpha value is -3.09. The highest BCUT2D eigenvalue weighted by Crippen LogP contribution is 2.20. The van der Waals surface area contributed by atoms with Gasteiger partial charge in [0, 0.05) is 11.7 Å². The molecule has 0 aliphatic rings. The van der Waals surface area contributed by atoms with E-state index in [4.69, 9.17) is 9.47 Å². The van der Waals surface area contributed by atoms with Gasteiger partial charge in [-0.25, -0.2) is 9.59 Å². The SMILES string of the molecule is CCOC(=O)c1[nH]c(C)c(C(=O)O[C@@H](C)C(=O)N[C@H](C)CCc2ccccc2)c1C. The third-order valence-electron chi connectivity index (χ3n) is 4.87. The molecule has 162 valence electrons. The van der Waals surface area contributed by atoms with Gasteiger partial charge in [0.15, 0.2) is 6.10 Å². The molecular weight excluding hydrogens is 384 g/mol. The maximum atomic E-state index is 12.6. The highest BCUT2D eigenvalue weighted by atomic mass is 16.5. The number of aryl methyl sites for hydroxylation is 2. The van der Waals surface area contributed by atoms with Gasteiger partial charge in [-0.15, -0.1) is 0 Å². The van der Waals surface area contributed by atoms with Crippen molar-refractivity contribution in [1.29, 1.82) is 0 Å². The molecule has 0 aliphatic carbocycles. The zero-order chi connectivity index (χ0) is 22.3. The van der Waals surface area contributed by atoms with Gasteiger partial charge < -0.3 is 19.8 Å². The van der Waals surface area contributed by atoms with Crippen LogP contribution in [0.5, 0.6) is 0 Å². The number of aromatic nitrogens is 1. The van der Waals surface area contributed by atoms with Crippen LogP contribution in [0.1, 0.15) is 64.9 Å². The van der Waals surface area contributed by atoms with E-state index in [1.54, 1.807) is 20.8 Å². The van der Waals surface area contributed by atoms with Crippen LogP contribution < -0.4 is 5.32 Å². The Morgan fingerprint density at radius 3 is 2.37 bits per heavy atom. The molecule has 0 bridgehead atoms. The predicted molar refractivity (Wildman–Crippen MR) is 113 cm³/mol. The maximum absolute atomic E-state index is 12.6. The van der Waals surface area contributed by atoms with E-state index in [1.807, 2.05) is 37.3 Å². The fourth-order valence-electron chi connectivity index (χ4n) is 3.20. The maximum Gasteiger partial charge on any atom is 0.355 e. The monoisotopic (exact) mass is 414 g/mol. The minimum absolute atomic E-state index is 0.0648. The van der Waals surface area contributed by atoms with Crippen LogP contribution in [0.2, 0.25) is 0 Å². The van der Waals surface area contributed by atoms with E-state index >= 15 is 0 Å². The van der Waals surface area contributed by atoms with Gasteiger partial charge in [0.05, 0.1) is 12.2 Å². The number of hydrogen-bond acceptors (Lipinski definition) is 5. The summed E-state index contributed by atoms with van der Waals surface area (Å²) in [6.45, 7) is 8.70. The lowest BCUT2D eigenvalue weighted by atomic mass is 10.1. The number of esters is 2. The molecule has 1 aromatic heterocycles. The second-order valence-corrected chi connectivity index (χ2v) is 7.33. The number of benzene rings is 1. The molecule has 2 N–H and O–H groups in total. The Labute approximate surface area is 177 Å². The Balaban J connectivity index is 1.93. The molecule has 0 spiro atoms. The lowest BCUT2D eigenvalue weighted by molar-refractivity contribution is -0.129. The quantitative estimate of drug-likeness (QED) is 0.612. The average molecular weight is 415 g/mol. The van der Waals surface area contributed by atoms with Crippen LogP contribution in [-0.4, -0.2) is 41.6 Å². The molecule has 0 aliphatic heterocycles. The summed E-state index contributed by atoms with van der Waals surface area (Å²) < 4.78 is 10.3. The van der Waals surface area contributed by atoms with E-state index in [1.165, 1.54) is 12.5 Å². The van der Waals surface area contributed by atoms with Crippen molar-refractivity contribution in [2.24, 2.45) is 0 Å². The Morgan fingerprint density at radius 2 is 1.73 bits per heavy atom. The molecule has 0 unspecified atom stereocenters. The number of carbonyl (C=O) groups excluding carboxylic acids is 3. The fraction of sp³-hybridized carbons (Fsp3) is 0.435. The Kier molecular flexibility index (Phi) is 8.21. The third kappa shape index (κ3) is 5.95. The first-order valence-electron chi connectivity index (χ1n) is 10.2. The van der Waals surface area contributed by atoms with E-state index in [-0.39, 0.29) is 29.8 Å². The first-order valence-corrected chi connectivity index (χ1v) is 10.2. The van der Waals surface area contributed by atoms with Crippen LogP contribution in [0.15, 0.2) is 30.3 Å². The molecule has 2 atom stereocenters. The second kappa shape index (κ2) is 10.6. The molecule has 0 radical (unpaired) electrons. The van der Waals surface area contributed by atoms with Gasteiger partial charge in [0.25, 0.3) is 5.91 Å². The number of aromatic amines is 1. The van der Waals surface area contributed by atoms with Gasteiger partial charge >= 0.3 is 11.9 Å². The highest BCUT2D eigenvalue weighted by Gasteiger charge is 2.27. The van der Waals surface area contributed by atoms with E-state index < -0.39 is 18.0 Å². The third-order valence-corrected chi connectivity index (χ3v) is 4.87. The van der Waals surface area contributed by atoms with E-state index in [0.29, 0.717) is 11.3 Å². The number of H-pyrrole nitrogens is 1. The van der Waals surface area contributed by atoms with Crippen LogP contribution >= 0.6 is 0 Å². The number of ether oxygens (including phenoxy) is 2. The summed E-state index contributed by atoms with van der Waals surface area (Å²) >= 11 is 0. The van der Waals surface area contributed by atoms with Crippen molar-refractivity contribution in [3.8, 4) is 0 Å².